The molecule has 0 fully saturated rings. The monoisotopic (exact) mass is 230 g/mol. The molecular weight excluding hydrogens is 212 g/mol. The second kappa shape index (κ2) is 4.67. The van der Waals surface area contributed by atoms with Gasteiger partial charge in [0, 0.05) is 19.4 Å². The number of hydrogen-bond donors (Lipinski definition) is 1. The molecule has 90 valence electrons. The number of aromatic nitrogens is 3. The maximum Gasteiger partial charge on any atom is 0.0943 e. The van der Waals surface area contributed by atoms with Crippen molar-refractivity contribution in [2.75, 3.05) is 7.05 Å². The first-order valence-corrected chi connectivity index (χ1v) is 5.71. The van der Waals surface area contributed by atoms with E-state index >= 15 is 0 Å². The maximum absolute atomic E-state index is 4.52. The molecule has 1 atom stereocenters. The van der Waals surface area contributed by atoms with Gasteiger partial charge in [0.1, 0.15) is 0 Å². The Kier molecular flexibility index (Phi) is 3.24. The van der Waals surface area contributed by atoms with Gasteiger partial charge in [-0.2, -0.15) is 5.10 Å². The second-order valence-electron chi connectivity index (χ2n) is 4.35. The van der Waals surface area contributed by atoms with Gasteiger partial charge in [0.2, 0.25) is 0 Å². The van der Waals surface area contributed by atoms with Crippen LogP contribution in [-0.4, -0.2) is 21.8 Å². The highest BCUT2D eigenvalue weighted by atomic mass is 15.3. The molecule has 1 N–H and O–H groups in total. The van der Waals surface area contributed by atoms with Gasteiger partial charge in [0.15, 0.2) is 0 Å². The molecule has 1 unspecified atom stereocenters. The minimum absolute atomic E-state index is 0.0526. The maximum atomic E-state index is 4.52. The van der Waals surface area contributed by atoms with Crippen molar-refractivity contribution in [2.45, 2.75) is 19.9 Å². The topological polar surface area (TPSA) is 42.7 Å². The largest absolute Gasteiger partial charge is 0.307 e. The Morgan fingerprint density at radius 2 is 2.12 bits per heavy atom. The number of aryl methyl sites for hydroxylation is 3. The van der Waals surface area contributed by atoms with E-state index in [0.29, 0.717) is 0 Å². The molecule has 4 heteroatoms. The number of nitrogens with one attached hydrogen (secondary N) is 1. The SMILES string of the molecule is CNC(c1ccn(C)n1)c1ncc(C)cc1C. The Balaban J connectivity index is 2.42. The number of nitrogens with zero attached hydrogens (tertiary/aromatic N) is 3. The number of hydrogen-bond acceptors (Lipinski definition) is 3. The Labute approximate surface area is 102 Å². The third-order valence-electron chi connectivity index (χ3n) is 2.85. The molecule has 0 amide bonds. The molecule has 0 saturated heterocycles. The van der Waals surface area contributed by atoms with Crippen molar-refractivity contribution in [3.05, 3.63) is 47.0 Å². The summed E-state index contributed by atoms with van der Waals surface area (Å²) in [5.74, 6) is 0. The van der Waals surface area contributed by atoms with Crippen molar-refractivity contribution in [1.29, 1.82) is 0 Å². The predicted molar refractivity (Wildman–Crippen MR) is 67.8 cm³/mol. The van der Waals surface area contributed by atoms with Crippen LogP contribution in [0.3, 0.4) is 0 Å². The summed E-state index contributed by atoms with van der Waals surface area (Å²) in [7, 11) is 3.85. The normalized spacial score (nSPS) is 12.7. The third-order valence-corrected chi connectivity index (χ3v) is 2.85. The number of pyridine rings is 1. The van der Waals surface area contributed by atoms with Gasteiger partial charge in [-0.25, -0.2) is 0 Å². The summed E-state index contributed by atoms with van der Waals surface area (Å²) in [5, 5.41) is 7.71. The summed E-state index contributed by atoms with van der Waals surface area (Å²) in [6.45, 7) is 4.14. The minimum Gasteiger partial charge on any atom is -0.307 e. The fourth-order valence-corrected chi connectivity index (χ4v) is 2.04. The second-order valence-corrected chi connectivity index (χ2v) is 4.35. The van der Waals surface area contributed by atoms with Gasteiger partial charge in [0.25, 0.3) is 0 Å². The van der Waals surface area contributed by atoms with Gasteiger partial charge >= 0.3 is 0 Å². The van der Waals surface area contributed by atoms with E-state index in [9.17, 15) is 0 Å². The van der Waals surface area contributed by atoms with E-state index in [2.05, 4.69) is 35.3 Å². The van der Waals surface area contributed by atoms with Gasteiger partial charge in [-0.3, -0.25) is 9.67 Å². The van der Waals surface area contributed by atoms with Gasteiger partial charge in [-0.1, -0.05) is 6.07 Å². The number of rotatable bonds is 3. The van der Waals surface area contributed by atoms with E-state index in [1.165, 1.54) is 11.1 Å². The van der Waals surface area contributed by atoms with Crippen LogP contribution in [0.5, 0.6) is 0 Å². The molecule has 2 aromatic heterocycles. The summed E-state index contributed by atoms with van der Waals surface area (Å²) in [6.07, 6.45) is 3.85. The van der Waals surface area contributed by atoms with E-state index in [4.69, 9.17) is 0 Å². The van der Waals surface area contributed by atoms with E-state index in [1.807, 2.05) is 37.2 Å². The first-order chi connectivity index (χ1) is 8.11. The lowest BCUT2D eigenvalue weighted by Gasteiger charge is -2.15. The lowest BCUT2D eigenvalue weighted by atomic mass is 10.0. The van der Waals surface area contributed by atoms with Gasteiger partial charge in [-0.15, -0.1) is 0 Å². The van der Waals surface area contributed by atoms with Crippen molar-refractivity contribution in [1.82, 2.24) is 20.1 Å². The van der Waals surface area contributed by atoms with Gasteiger partial charge in [-0.05, 0) is 38.1 Å². The predicted octanol–water partition coefficient (Wildman–Crippen LogP) is 1.74. The van der Waals surface area contributed by atoms with Gasteiger partial charge in [0.05, 0.1) is 17.4 Å². The molecule has 0 bridgehead atoms. The Morgan fingerprint density at radius 3 is 2.65 bits per heavy atom. The van der Waals surface area contributed by atoms with E-state index in [1.54, 1.807) is 0 Å². The van der Waals surface area contributed by atoms with Gasteiger partial charge < -0.3 is 5.32 Å². The zero-order chi connectivity index (χ0) is 12.4. The fraction of sp³-hybridized carbons (Fsp3) is 0.385. The van der Waals surface area contributed by atoms with E-state index < -0.39 is 0 Å². The summed E-state index contributed by atoms with van der Waals surface area (Å²) in [6, 6.07) is 4.22. The molecule has 4 nitrogen and oxygen atoms in total. The third kappa shape index (κ3) is 2.36. The molecule has 2 aromatic rings. The molecule has 0 radical (unpaired) electrons. The zero-order valence-corrected chi connectivity index (χ0v) is 10.7. The molecular formula is C13H18N4. The molecule has 0 aromatic carbocycles. The van der Waals surface area contributed by atoms with Crippen LogP contribution >= 0.6 is 0 Å². The quantitative estimate of drug-likeness (QED) is 0.873. The highest BCUT2D eigenvalue weighted by Gasteiger charge is 2.17. The molecule has 2 rings (SSSR count). The Morgan fingerprint density at radius 1 is 1.35 bits per heavy atom. The minimum atomic E-state index is 0.0526. The highest BCUT2D eigenvalue weighted by Crippen LogP contribution is 2.21. The zero-order valence-electron chi connectivity index (χ0n) is 10.7. The summed E-state index contributed by atoms with van der Waals surface area (Å²) < 4.78 is 1.81. The molecule has 0 spiro atoms. The standard InChI is InChI=1S/C13H18N4/c1-9-7-10(2)12(15-8-9)13(14-3)11-5-6-17(4)16-11/h5-8,13-14H,1-4H3. The first-order valence-electron chi connectivity index (χ1n) is 5.71. The summed E-state index contributed by atoms with van der Waals surface area (Å²) >= 11 is 0. The fourth-order valence-electron chi connectivity index (χ4n) is 2.04. The van der Waals surface area contributed by atoms with Crippen molar-refractivity contribution < 1.29 is 0 Å². The molecule has 0 saturated carbocycles. The van der Waals surface area contributed by atoms with Crippen molar-refractivity contribution in [2.24, 2.45) is 7.05 Å². The van der Waals surface area contributed by atoms with E-state index in [0.717, 1.165) is 11.4 Å². The van der Waals surface area contributed by atoms with Crippen molar-refractivity contribution >= 4 is 0 Å². The Bertz CT molecular complexity index is 516. The lowest BCUT2D eigenvalue weighted by molar-refractivity contribution is 0.624. The summed E-state index contributed by atoms with van der Waals surface area (Å²) in [5.41, 5.74) is 4.41. The van der Waals surface area contributed by atoms with Crippen molar-refractivity contribution in [3.8, 4) is 0 Å². The van der Waals surface area contributed by atoms with Crippen molar-refractivity contribution in [3.63, 3.8) is 0 Å². The molecule has 0 aliphatic rings. The Hall–Kier alpha value is -1.68. The smallest absolute Gasteiger partial charge is 0.0943 e. The average Bonchev–Trinajstić information content (AvgIpc) is 2.69. The molecule has 0 aliphatic carbocycles. The molecule has 0 aliphatic heterocycles. The van der Waals surface area contributed by atoms with Crippen LogP contribution in [0.2, 0.25) is 0 Å². The first kappa shape index (κ1) is 11.8. The average molecular weight is 230 g/mol. The van der Waals surface area contributed by atoms with Crippen LogP contribution in [-0.2, 0) is 7.05 Å². The van der Waals surface area contributed by atoms with E-state index in [-0.39, 0.29) is 6.04 Å². The van der Waals surface area contributed by atoms with Crippen LogP contribution in [0, 0.1) is 13.8 Å². The lowest BCUT2D eigenvalue weighted by Crippen LogP contribution is -2.20. The van der Waals surface area contributed by atoms with Crippen LogP contribution < -0.4 is 5.32 Å². The van der Waals surface area contributed by atoms with Crippen LogP contribution in [0.15, 0.2) is 24.5 Å². The van der Waals surface area contributed by atoms with Crippen LogP contribution in [0.4, 0.5) is 0 Å². The molecule has 17 heavy (non-hydrogen) atoms. The van der Waals surface area contributed by atoms with Crippen LogP contribution in [0.25, 0.3) is 0 Å². The highest BCUT2D eigenvalue weighted by molar-refractivity contribution is 5.30. The molecule has 2 heterocycles. The summed E-state index contributed by atoms with van der Waals surface area (Å²) in [4.78, 5) is 4.52. The van der Waals surface area contributed by atoms with Crippen LogP contribution in [0.1, 0.15) is 28.6 Å².